The van der Waals surface area contributed by atoms with Gasteiger partial charge in [-0.25, -0.2) is 0 Å². The first-order valence-corrected chi connectivity index (χ1v) is 6.09. The van der Waals surface area contributed by atoms with Gasteiger partial charge in [0.25, 0.3) is 0 Å². The molecule has 1 fully saturated rings. The molecule has 1 unspecified atom stereocenters. The topological polar surface area (TPSA) is 3.24 Å². The van der Waals surface area contributed by atoms with Crippen LogP contribution < -0.4 is 0 Å². The minimum absolute atomic E-state index is 0. The number of likely N-dealkylation sites (tertiary alicyclic amines) is 1. The Morgan fingerprint density at radius 3 is 2.20 bits per heavy atom. The SMILES string of the molecule is C.C.CC.CCCC1CCCN(CC)C1. The van der Waals surface area contributed by atoms with Gasteiger partial charge in [0.15, 0.2) is 0 Å². The van der Waals surface area contributed by atoms with Crippen molar-refractivity contribution in [1.29, 1.82) is 0 Å². The smallest absolute Gasteiger partial charge is 0.000955 e. The van der Waals surface area contributed by atoms with Crippen molar-refractivity contribution in [3.63, 3.8) is 0 Å². The molecule has 0 bridgehead atoms. The fraction of sp³-hybridized carbons (Fsp3) is 1.00. The molecule has 0 amide bonds. The third-order valence-corrected chi connectivity index (χ3v) is 2.75. The highest BCUT2D eigenvalue weighted by molar-refractivity contribution is 4.71. The van der Waals surface area contributed by atoms with Crippen molar-refractivity contribution in [3.05, 3.63) is 0 Å². The van der Waals surface area contributed by atoms with E-state index in [2.05, 4.69) is 18.7 Å². The average Bonchev–Trinajstić information content (AvgIpc) is 2.22. The van der Waals surface area contributed by atoms with E-state index in [1.54, 1.807) is 0 Å². The molecule has 0 aromatic carbocycles. The van der Waals surface area contributed by atoms with Crippen LogP contribution in [0.25, 0.3) is 0 Å². The van der Waals surface area contributed by atoms with E-state index in [1.807, 2.05) is 13.8 Å². The van der Waals surface area contributed by atoms with Crippen LogP contribution in [0.3, 0.4) is 0 Å². The minimum Gasteiger partial charge on any atom is -0.303 e. The molecule has 1 heteroatoms. The highest BCUT2D eigenvalue weighted by Crippen LogP contribution is 2.20. The van der Waals surface area contributed by atoms with Gasteiger partial charge in [0, 0.05) is 6.54 Å². The molecule has 1 atom stereocenters. The van der Waals surface area contributed by atoms with Crippen molar-refractivity contribution in [3.8, 4) is 0 Å². The number of rotatable bonds is 3. The molecule has 1 rings (SSSR count). The Bertz CT molecular complexity index is 99.5. The monoisotopic (exact) mass is 217 g/mol. The first-order valence-electron chi connectivity index (χ1n) is 6.09. The largest absolute Gasteiger partial charge is 0.303 e. The molecule has 0 radical (unpaired) electrons. The first kappa shape index (κ1) is 20.4. The maximum Gasteiger partial charge on any atom is 0.000955 e. The van der Waals surface area contributed by atoms with Crippen molar-refractivity contribution in [2.75, 3.05) is 19.6 Å². The summed E-state index contributed by atoms with van der Waals surface area (Å²) in [7, 11) is 0. The van der Waals surface area contributed by atoms with Crippen LogP contribution in [0.5, 0.6) is 0 Å². The fourth-order valence-corrected chi connectivity index (χ4v) is 2.08. The molecule has 15 heavy (non-hydrogen) atoms. The molecular formula is C14H35N. The lowest BCUT2D eigenvalue weighted by molar-refractivity contribution is 0.175. The van der Waals surface area contributed by atoms with Crippen LogP contribution in [0, 0.1) is 5.92 Å². The number of hydrogen-bond donors (Lipinski definition) is 0. The van der Waals surface area contributed by atoms with Crippen LogP contribution in [-0.4, -0.2) is 24.5 Å². The van der Waals surface area contributed by atoms with Gasteiger partial charge < -0.3 is 4.90 Å². The van der Waals surface area contributed by atoms with Gasteiger partial charge >= 0.3 is 0 Å². The quantitative estimate of drug-likeness (QED) is 0.655. The maximum absolute atomic E-state index is 2.59. The van der Waals surface area contributed by atoms with Crippen LogP contribution in [-0.2, 0) is 0 Å². The Morgan fingerprint density at radius 1 is 1.13 bits per heavy atom. The molecule has 1 heterocycles. The zero-order chi connectivity index (χ0) is 10.1. The second kappa shape index (κ2) is 14.0. The molecule has 0 aliphatic carbocycles. The summed E-state index contributed by atoms with van der Waals surface area (Å²) in [6, 6.07) is 0. The summed E-state index contributed by atoms with van der Waals surface area (Å²) in [4.78, 5) is 2.59. The summed E-state index contributed by atoms with van der Waals surface area (Å²) < 4.78 is 0. The highest BCUT2D eigenvalue weighted by Gasteiger charge is 2.16. The Kier molecular flexibility index (Phi) is 19.0. The van der Waals surface area contributed by atoms with Crippen molar-refractivity contribution in [2.24, 2.45) is 5.92 Å². The Labute approximate surface area is 99.3 Å². The second-order valence-electron chi connectivity index (χ2n) is 3.69. The van der Waals surface area contributed by atoms with Crippen LogP contribution >= 0.6 is 0 Å². The van der Waals surface area contributed by atoms with E-state index < -0.39 is 0 Å². The molecule has 1 nitrogen and oxygen atoms in total. The van der Waals surface area contributed by atoms with Crippen molar-refractivity contribution in [1.82, 2.24) is 4.90 Å². The lowest BCUT2D eigenvalue weighted by atomic mass is 9.94. The molecule has 0 aromatic heterocycles. The minimum atomic E-state index is 0. The van der Waals surface area contributed by atoms with Gasteiger partial charge in [-0.15, -0.1) is 0 Å². The van der Waals surface area contributed by atoms with Crippen LogP contribution in [0.1, 0.15) is 68.2 Å². The van der Waals surface area contributed by atoms with Gasteiger partial charge in [-0.3, -0.25) is 0 Å². The molecular weight excluding hydrogens is 182 g/mol. The molecule has 0 saturated carbocycles. The first-order chi connectivity index (χ1) is 6.36. The van der Waals surface area contributed by atoms with E-state index in [1.165, 1.54) is 45.3 Å². The van der Waals surface area contributed by atoms with E-state index in [-0.39, 0.29) is 14.9 Å². The molecule has 0 spiro atoms. The summed E-state index contributed by atoms with van der Waals surface area (Å²) in [5, 5.41) is 0. The Hall–Kier alpha value is -0.0400. The zero-order valence-corrected chi connectivity index (χ0v) is 9.97. The fourth-order valence-electron chi connectivity index (χ4n) is 2.08. The number of hydrogen-bond acceptors (Lipinski definition) is 1. The Morgan fingerprint density at radius 2 is 1.73 bits per heavy atom. The third-order valence-electron chi connectivity index (χ3n) is 2.75. The summed E-state index contributed by atoms with van der Waals surface area (Å²) in [6.07, 6.45) is 5.71. The lowest BCUT2D eigenvalue weighted by Crippen LogP contribution is -2.34. The van der Waals surface area contributed by atoms with Crippen LogP contribution in [0.4, 0.5) is 0 Å². The van der Waals surface area contributed by atoms with E-state index in [0.29, 0.717) is 0 Å². The molecule has 0 N–H and O–H groups in total. The van der Waals surface area contributed by atoms with Crippen LogP contribution in [0.2, 0.25) is 0 Å². The maximum atomic E-state index is 2.59. The molecule has 1 aliphatic heterocycles. The van der Waals surface area contributed by atoms with Gasteiger partial charge in [0.2, 0.25) is 0 Å². The standard InChI is InChI=1S/C10H21N.C2H6.2CH4/c1-3-6-10-7-5-8-11(4-2)9-10;1-2;;/h10H,3-9H2,1-2H3;1-2H3;2*1H4. The number of piperidine rings is 1. The predicted molar refractivity (Wildman–Crippen MR) is 74.6 cm³/mol. The van der Waals surface area contributed by atoms with Crippen LogP contribution in [0.15, 0.2) is 0 Å². The van der Waals surface area contributed by atoms with Gasteiger partial charge in [0.1, 0.15) is 0 Å². The predicted octanol–water partition coefficient (Wildman–Crippen LogP) is 4.82. The summed E-state index contributed by atoms with van der Waals surface area (Å²) in [5.74, 6) is 1.01. The highest BCUT2D eigenvalue weighted by atomic mass is 15.1. The molecule has 0 aromatic rings. The van der Waals surface area contributed by atoms with Gasteiger partial charge in [-0.2, -0.15) is 0 Å². The zero-order valence-electron chi connectivity index (χ0n) is 9.97. The van der Waals surface area contributed by atoms with Gasteiger partial charge in [-0.05, 0) is 38.3 Å². The molecule has 1 saturated heterocycles. The summed E-state index contributed by atoms with van der Waals surface area (Å²) in [5.41, 5.74) is 0. The second-order valence-corrected chi connectivity index (χ2v) is 3.69. The summed E-state index contributed by atoms with van der Waals surface area (Å²) in [6.45, 7) is 12.5. The van der Waals surface area contributed by atoms with E-state index in [9.17, 15) is 0 Å². The number of nitrogens with zero attached hydrogens (tertiary/aromatic N) is 1. The van der Waals surface area contributed by atoms with Gasteiger partial charge in [0.05, 0.1) is 0 Å². The lowest BCUT2D eigenvalue weighted by Gasteiger charge is -2.31. The molecule has 96 valence electrons. The van der Waals surface area contributed by atoms with Crippen molar-refractivity contribution >= 4 is 0 Å². The van der Waals surface area contributed by atoms with E-state index >= 15 is 0 Å². The van der Waals surface area contributed by atoms with E-state index in [0.717, 1.165) is 5.92 Å². The summed E-state index contributed by atoms with van der Waals surface area (Å²) >= 11 is 0. The van der Waals surface area contributed by atoms with Crippen molar-refractivity contribution in [2.45, 2.75) is 68.2 Å². The van der Waals surface area contributed by atoms with Gasteiger partial charge in [-0.1, -0.05) is 49.0 Å². The Balaban J connectivity index is -0.000000339. The average molecular weight is 217 g/mol. The van der Waals surface area contributed by atoms with E-state index in [4.69, 9.17) is 0 Å². The normalized spacial score (nSPS) is 20.4. The third kappa shape index (κ3) is 8.92. The van der Waals surface area contributed by atoms with Crippen molar-refractivity contribution < 1.29 is 0 Å². The molecule has 1 aliphatic rings.